The lowest BCUT2D eigenvalue weighted by atomic mass is 10.1. The van der Waals surface area contributed by atoms with Gasteiger partial charge in [-0.05, 0) is 13.8 Å². The Kier molecular flexibility index (Phi) is 4.67. The van der Waals surface area contributed by atoms with E-state index in [0.29, 0.717) is 31.1 Å². The Morgan fingerprint density at radius 1 is 1.55 bits per heavy atom. The minimum atomic E-state index is -0.465. The molecule has 0 aliphatic carbocycles. The Bertz CT molecular complexity index is 470. The molecule has 0 spiro atoms. The van der Waals surface area contributed by atoms with Crippen LogP contribution in [-0.2, 0) is 4.74 Å². The van der Waals surface area contributed by atoms with Crippen LogP contribution in [0.25, 0.3) is 0 Å². The highest BCUT2D eigenvalue weighted by Crippen LogP contribution is 2.33. The molecule has 2 rings (SSSR count). The lowest BCUT2D eigenvalue weighted by Crippen LogP contribution is -2.49. The third kappa shape index (κ3) is 2.96. The van der Waals surface area contributed by atoms with Crippen LogP contribution in [0, 0.1) is 5.82 Å². The zero-order chi connectivity index (χ0) is 14.7. The Balaban J connectivity index is 2.32. The van der Waals surface area contributed by atoms with E-state index in [2.05, 4.69) is 0 Å². The molecule has 2 atom stereocenters. The first kappa shape index (κ1) is 14.9. The SMILES string of the molecule is CCOc1cc(N2CC(CO)OCC2C)c(N)cc1F. The minimum absolute atomic E-state index is 0.0529. The summed E-state index contributed by atoms with van der Waals surface area (Å²) in [6.07, 6.45) is -0.258. The van der Waals surface area contributed by atoms with Crippen molar-refractivity contribution in [1.29, 1.82) is 0 Å². The van der Waals surface area contributed by atoms with Gasteiger partial charge in [0.1, 0.15) is 0 Å². The smallest absolute Gasteiger partial charge is 0.167 e. The van der Waals surface area contributed by atoms with Crippen LogP contribution >= 0.6 is 0 Å². The fourth-order valence-corrected chi connectivity index (χ4v) is 2.34. The highest BCUT2D eigenvalue weighted by molar-refractivity contribution is 5.70. The number of nitrogen functional groups attached to an aromatic ring is 1. The molecule has 0 saturated carbocycles. The van der Waals surface area contributed by atoms with E-state index in [4.69, 9.17) is 15.2 Å². The molecule has 5 nitrogen and oxygen atoms in total. The molecular weight excluding hydrogens is 263 g/mol. The molecule has 1 aliphatic rings. The summed E-state index contributed by atoms with van der Waals surface area (Å²) in [5, 5.41) is 9.23. The summed E-state index contributed by atoms with van der Waals surface area (Å²) >= 11 is 0. The van der Waals surface area contributed by atoms with Gasteiger partial charge >= 0.3 is 0 Å². The second kappa shape index (κ2) is 6.28. The molecule has 0 aromatic heterocycles. The zero-order valence-electron chi connectivity index (χ0n) is 11.8. The van der Waals surface area contributed by atoms with E-state index >= 15 is 0 Å². The van der Waals surface area contributed by atoms with Crippen LogP contribution in [0.15, 0.2) is 12.1 Å². The van der Waals surface area contributed by atoms with E-state index in [1.165, 1.54) is 6.07 Å². The molecule has 1 fully saturated rings. The number of nitrogens with zero attached hydrogens (tertiary/aromatic N) is 1. The fourth-order valence-electron chi connectivity index (χ4n) is 2.34. The largest absolute Gasteiger partial charge is 0.491 e. The van der Waals surface area contributed by atoms with Gasteiger partial charge in [0.05, 0.1) is 37.3 Å². The van der Waals surface area contributed by atoms with Crippen molar-refractivity contribution in [3.05, 3.63) is 17.9 Å². The molecule has 6 heteroatoms. The van der Waals surface area contributed by atoms with Crippen molar-refractivity contribution in [1.82, 2.24) is 0 Å². The second-order valence-electron chi connectivity index (χ2n) is 4.91. The van der Waals surface area contributed by atoms with Crippen LogP contribution in [0.2, 0.25) is 0 Å². The van der Waals surface area contributed by atoms with Crippen molar-refractivity contribution in [2.75, 3.05) is 37.0 Å². The molecular formula is C14H21FN2O3. The summed E-state index contributed by atoms with van der Waals surface area (Å²) < 4.78 is 24.5. The van der Waals surface area contributed by atoms with Crippen LogP contribution in [0.5, 0.6) is 5.75 Å². The lowest BCUT2D eigenvalue weighted by molar-refractivity contribution is -0.0103. The van der Waals surface area contributed by atoms with Crippen LogP contribution < -0.4 is 15.4 Å². The maximum Gasteiger partial charge on any atom is 0.167 e. The molecule has 0 bridgehead atoms. The molecule has 1 aromatic rings. The highest BCUT2D eigenvalue weighted by atomic mass is 19.1. The van der Waals surface area contributed by atoms with Gasteiger partial charge < -0.3 is 25.2 Å². The molecule has 1 saturated heterocycles. The van der Waals surface area contributed by atoms with Crippen molar-refractivity contribution in [3.8, 4) is 5.75 Å². The van der Waals surface area contributed by atoms with Crippen LogP contribution in [-0.4, -0.2) is 43.6 Å². The topological polar surface area (TPSA) is 68.0 Å². The number of rotatable bonds is 4. The summed E-state index contributed by atoms with van der Waals surface area (Å²) in [6.45, 7) is 5.14. The third-order valence-corrected chi connectivity index (χ3v) is 3.40. The van der Waals surface area contributed by atoms with E-state index in [9.17, 15) is 9.50 Å². The average molecular weight is 284 g/mol. The number of morpholine rings is 1. The monoisotopic (exact) mass is 284 g/mol. The number of nitrogens with two attached hydrogens (primary N) is 1. The Morgan fingerprint density at radius 2 is 2.30 bits per heavy atom. The summed E-state index contributed by atoms with van der Waals surface area (Å²) in [6, 6.07) is 2.99. The van der Waals surface area contributed by atoms with E-state index in [1.54, 1.807) is 13.0 Å². The number of hydrogen-bond acceptors (Lipinski definition) is 5. The first-order valence-corrected chi connectivity index (χ1v) is 6.77. The summed E-state index contributed by atoms with van der Waals surface area (Å²) in [4.78, 5) is 2.02. The minimum Gasteiger partial charge on any atom is -0.491 e. The molecule has 0 radical (unpaired) electrons. The highest BCUT2D eigenvalue weighted by Gasteiger charge is 2.27. The molecule has 2 unspecified atom stereocenters. The van der Waals surface area contributed by atoms with Gasteiger partial charge in [0.25, 0.3) is 0 Å². The molecule has 1 aromatic carbocycles. The molecule has 0 amide bonds. The van der Waals surface area contributed by atoms with Crippen LogP contribution in [0.3, 0.4) is 0 Å². The maximum atomic E-state index is 13.7. The zero-order valence-corrected chi connectivity index (χ0v) is 11.8. The standard InChI is InChI=1S/C14H21FN2O3/c1-3-19-14-5-13(12(16)4-11(14)15)17-6-10(7-18)20-8-9(17)2/h4-5,9-10,18H,3,6-8,16H2,1-2H3. The fraction of sp³-hybridized carbons (Fsp3) is 0.571. The van der Waals surface area contributed by atoms with Crippen LogP contribution in [0.1, 0.15) is 13.8 Å². The maximum absolute atomic E-state index is 13.7. The van der Waals surface area contributed by atoms with E-state index in [0.717, 1.165) is 0 Å². The van der Waals surface area contributed by atoms with Gasteiger partial charge in [-0.3, -0.25) is 0 Å². The van der Waals surface area contributed by atoms with Crippen LogP contribution in [0.4, 0.5) is 15.8 Å². The van der Waals surface area contributed by atoms with Gasteiger partial charge in [-0.2, -0.15) is 0 Å². The van der Waals surface area contributed by atoms with E-state index < -0.39 is 5.82 Å². The van der Waals surface area contributed by atoms with E-state index in [1.807, 2.05) is 11.8 Å². The predicted octanol–water partition coefficient (Wildman–Crippen LogP) is 1.39. The van der Waals surface area contributed by atoms with Crippen molar-refractivity contribution in [2.24, 2.45) is 0 Å². The number of aliphatic hydroxyl groups excluding tert-OH is 1. The summed E-state index contributed by atoms with van der Waals surface area (Å²) in [5.74, 6) is -0.274. The molecule has 1 heterocycles. The van der Waals surface area contributed by atoms with Crippen molar-refractivity contribution >= 4 is 11.4 Å². The number of benzene rings is 1. The first-order chi connectivity index (χ1) is 9.56. The van der Waals surface area contributed by atoms with Gasteiger partial charge in [0.15, 0.2) is 11.6 Å². The summed E-state index contributed by atoms with van der Waals surface area (Å²) in [5.41, 5.74) is 7.00. The predicted molar refractivity (Wildman–Crippen MR) is 75.6 cm³/mol. The van der Waals surface area contributed by atoms with Crippen molar-refractivity contribution < 1.29 is 19.0 Å². The average Bonchev–Trinajstić information content (AvgIpc) is 2.43. The molecule has 3 N–H and O–H groups in total. The lowest BCUT2D eigenvalue weighted by Gasteiger charge is -2.39. The summed E-state index contributed by atoms with van der Waals surface area (Å²) in [7, 11) is 0. The number of halogens is 1. The first-order valence-electron chi connectivity index (χ1n) is 6.77. The second-order valence-corrected chi connectivity index (χ2v) is 4.91. The Labute approximate surface area is 118 Å². The quantitative estimate of drug-likeness (QED) is 0.818. The Morgan fingerprint density at radius 3 is 2.95 bits per heavy atom. The molecule has 112 valence electrons. The van der Waals surface area contributed by atoms with Crippen molar-refractivity contribution in [2.45, 2.75) is 26.0 Å². The number of hydrogen-bond donors (Lipinski definition) is 2. The van der Waals surface area contributed by atoms with Gasteiger partial charge in [-0.1, -0.05) is 0 Å². The molecule has 1 aliphatic heterocycles. The molecule has 20 heavy (non-hydrogen) atoms. The van der Waals surface area contributed by atoms with Gasteiger partial charge in [-0.25, -0.2) is 4.39 Å². The van der Waals surface area contributed by atoms with Crippen molar-refractivity contribution in [3.63, 3.8) is 0 Å². The normalized spacial score (nSPS) is 22.9. The van der Waals surface area contributed by atoms with Gasteiger partial charge in [-0.15, -0.1) is 0 Å². The third-order valence-electron chi connectivity index (χ3n) is 3.40. The Hall–Kier alpha value is -1.53. The number of anilines is 2. The van der Waals surface area contributed by atoms with E-state index in [-0.39, 0.29) is 24.5 Å². The number of ether oxygens (including phenoxy) is 2. The van der Waals surface area contributed by atoms with Gasteiger partial charge in [0.2, 0.25) is 0 Å². The number of aliphatic hydroxyl groups is 1. The van der Waals surface area contributed by atoms with Gasteiger partial charge in [0, 0.05) is 24.7 Å².